The van der Waals surface area contributed by atoms with Crippen LogP contribution in [-0.2, 0) is 4.79 Å². The summed E-state index contributed by atoms with van der Waals surface area (Å²) < 4.78 is 17.9. The fourth-order valence-corrected chi connectivity index (χ4v) is 1.68. The molecule has 0 bridgehead atoms. The molecule has 0 heterocycles. The summed E-state index contributed by atoms with van der Waals surface area (Å²) in [6, 6.07) is 5.82. The van der Waals surface area contributed by atoms with Gasteiger partial charge in [0.05, 0.1) is 12.4 Å². The van der Waals surface area contributed by atoms with Gasteiger partial charge in [-0.05, 0) is 36.4 Å². The molecule has 3 nitrogen and oxygen atoms in total. The molecule has 0 aliphatic carbocycles. The maximum atomic E-state index is 12.5. The molecule has 0 spiro atoms. The molecule has 0 fully saturated rings. The first kappa shape index (κ1) is 12.8. The molecule has 0 saturated heterocycles. The molecule has 1 aromatic carbocycles. The van der Waals surface area contributed by atoms with Gasteiger partial charge in [0.1, 0.15) is 11.6 Å². The summed E-state index contributed by atoms with van der Waals surface area (Å²) in [6.07, 6.45) is 0.773. The summed E-state index contributed by atoms with van der Waals surface area (Å²) in [5, 5.41) is 8.39. The maximum Gasteiger partial charge on any atom is 0.313 e. The Morgan fingerprint density at radius 1 is 1.38 bits per heavy atom. The third-order valence-electron chi connectivity index (χ3n) is 1.74. The third-order valence-corrected chi connectivity index (χ3v) is 2.77. The van der Waals surface area contributed by atoms with E-state index in [1.54, 1.807) is 12.1 Å². The smallest absolute Gasteiger partial charge is 0.313 e. The van der Waals surface area contributed by atoms with Gasteiger partial charge >= 0.3 is 5.97 Å². The SMILES string of the molecule is O=C(O)CSCCCOc1ccc(F)cc1. The Balaban J connectivity index is 2.07. The van der Waals surface area contributed by atoms with Gasteiger partial charge in [0, 0.05) is 0 Å². The van der Waals surface area contributed by atoms with Crippen molar-refractivity contribution in [3.05, 3.63) is 30.1 Å². The van der Waals surface area contributed by atoms with E-state index >= 15 is 0 Å². The Kier molecular flexibility index (Phi) is 5.71. The predicted octanol–water partition coefficient (Wildman–Crippen LogP) is 2.41. The number of hydrogen-bond acceptors (Lipinski definition) is 3. The first-order chi connectivity index (χ1) is 7.68. The number of rotatable bonds is 7. The predicted molar refractivity (Wildman–Crippen MR) is 61.5 cm³/mol. The van der Waals surface area contributed by atoms with Crippen LogP contribution in [0.15, 0.2) is 24.3 Å². The number of thioether (sulfide) groups is 1. The Hall–Kier alpha value is -1.23. The van der Waals surface area contributed by atoms with Crippen LogP contribution in [-0.4, -0.2) is 29.2 Å². The van der Waals surface area contributed by atoms with Crippen LogP contribution in [0.2, 0.25) is 0 Å². The number of hydrogen-bond donors (Lipinski definition) is 1. The molecule has 1 N–H and O–H groups in total. The van der Waals surface area contributed by atoms with E-state index < -0.39 is 5.97 Å². The van der Waals surface area contributed by atoms with Crippen molar-refractivity contribution in [3.63, 3.8) is 0 Å². The second kappa shape index (κ2) is 7.11. The fraction of sp³-hybridized carbons (Fsp3) is 0.364. The van der Waals surface area contributed by atoms with Crippen LogP contribution in [0.5, 0.6) is 5.75 Å². The molecular formula is C11H13FO3S. The zero-order valence-electron chi connectivity index (χ0n) is 8.69. The molecule has 16 heavy (non-hydrogen) atoms. The minimum Gasteiger partial charge on any atom is -0.494 e. The lowest BCUT2D eigenvalue weighted by atomic mass is 10.3. The molecule has 1 rings (SSSR count). The van der Waals surface area contributed by atoms with E-state index in [4.69, 9.17) is 9.84 Å². The lowest BCUT2D eigenvalue weighted by molar-refractivity contribution is -0.133. The maximum absolute atomic E-state index is 12.5. The highest BCUT2D eigenvalue weighted by Gasteiger charge is 1.97. The van der Waals surface area contributed by atoms with Gasteiger partial charge in [-0.1, -0.05) is 0 Å². The molecule has 1 aromatic rings. The van der Waals surface area contributed by atoms with E-state index in [1.807, 2.05) is 0 Å². The average molecular weight is 244 g/mol. The molecular weight excluding hydrogens is 231 g/mol. The van der Waals surface area contributed by atoms with E-state index in [1.165, 1.54) is 23.9 Å². The van der Waals surface area contributed by atoms with Gasteiger partial charge in [-0.15, -0.1) is 0 Å². The van der Waals surface area contributed by atoms with E-state index in [-0.39, 0.29) is 11.6 Å². The number of aliphatic carboxylic acids is 1. The van der Waals surface area contributed by atoms with Crippen molar-refractivity contribution in [1.82, 2.24) is 0 Å². The summed E-state index contributed by atoms with van der Waals surface area (Å²) in [5.74, 6) is 0.405. The van der Waals surface area contributed by atoms with Crippen molar-refractivity contribution in [2.45, 2.75) is 6.42 Å². The quantitative estimate of drug-likeness (QED) is 0.748. The van der Waals surface area contributed by atoms with Crippen LogP contribution in [0.25, 0.3) is 0 Å². The fourth-order valence-electron chi connectivity index (χ4n) is 1.04. The molecule has 0 unspecified atom stereocenters. The Morgan fingerprint density at radius 3 is 2.69 bits per heavy atom. The number of carboxylic acid groups (broad SMARTS) is 1. The van der Waals surface area contributed by atoms with Crippen LogP contribution >= 0.6 is 11.8 Å². The molecule has 0 atom stereocenters. The average Bonchev–Trinajstić information content (AvgIpc) is 2.25. The van der Waals surface area contributed by atoms with Crippen LogP contribution < -0.4 is 4.74 Å². The molecule has 0 saturated carbocycles. The molecule has 0 aromatic heterocycles. The van der Waals surface area contributed by atoms with Crippen LogP contribution in [0.3, 0.4) is 0 Å². The van der Waals surface area contributed by atoms with Crippen LogP contribution in [0, 0.1) is 5.82 Å². The van der Waals surface area contributed by atoms with Crippen molar-refractivity contribution < 1.29 is 19.0 Å². The summed E-state index contributed by atoms with van der Waals surface area (Å²) in [7, 11) is 0. The van der Waals surface area contributed by atoms with Crippen LogP contribution in [0.4, 0.5) is 4.39 Å². The van der Waals surface area contributed by atoms with Gasteiger partial charge in [0.15, 0.2) is 0 Å². The number of halogens is 1. The Bertz CT molecular complexity index is 327. The lowest BCUT2D eigenvalue weighted by Crippen LogP contribution is -2.02. The number of ether oxygens (including phenoxy) is 1. The highest BCUT2D eigenvalue weighted by atomic mass is 32.2. The van der Waals surface area contributed by atoms with E-state index in [9.17, 15) is 9.18 Å². The first-order valence-corrected chi connectivity index (χ1v) is 6.02. The zero-order valence-corrected chi connectivity index (χ0v) is 9.50. The Morgan fingerprint density at radius 2 is 2.06 bits per heavy atom. The number of carboxylic acids is 1. The summed E-state index contributed by atoms with van der Waals surface area (Å²) in [4.78, 5) is 10.2. The normalized spacial score (nSPS) is 10.1. The second-order valence-electron chi connectivity index (χ2n) is 3.10. The van der Waals surface area contributed by atoms with Crippen molar-refractivity contribution >= 4 is 17.7 Å². The van der Waals surface area contributed by atoms with Gasteiger partial charge in [-0.2, -0.15) is 11.8 Å². The van der Waals surface area contributed by atoms with Crippen molar-refractivity contribution in [1.29, 1.82) is 0 Å². The molecule has 88 valence electrons. The highest BCUT2D eigenvalue weighted by Crippen LogP contribution is 2.11. The van der Waals surface area contributed by atoms with Gasteiger partial charge in [0.25, 0.3) is 0 Å². The summed E-state index contributed by atoms with van der Waals surface area (Å²) >= 11 is 1.36. The van der Waals surface area contributed by atoms with E-state index in [0.717, 1.165) is 12.2 Å². The van der Waals surface area contributed by atoms with Crippen molar-refractivity contribution in [3.8, 4) is 5.75 Å². The van der Waals surface area contributed by atoms with E-state index in [0.29, 0.717) is 12.4 Å². The standard InChI is InChI=1S/C11H13FO3S/c12-9-2-4-10(5-3-9)15-6-1-7-16-8-11(13)14/h2-5H,1,6-8H2,(H,13,14). The van der Waals surface area contributed by atoms with Crippen LogP contribution in [0.1, 0.15) is 6.42 Å². The highest BCUT2D eigenvalue weighted by molar-refractivity contribution is 7.99. The lowest BCUT2D eigenvalue weighted by Gasteiger charge is -2.05. The van der Waals surface area contributed by atoms with Crippen molar-refractivity contribution in [2.24, 2.45) is 0 Å². The largest absolute Gasteiger partial charge is 0.494 e. The minimum atomic E-state index is -0.801. The van der Waals surface area contributed by atoms with Gasteiger partial charge in [-0.3, -0.25) is 4.79 Å². The molecule has 0 aliphatic rings. The van der Waals surface area contributed by atoms with Gasteiger partial charge < -0.3 is 9.84 Å². The topological polar surface area (TPSA) is 46.5 Å². The first-order valence-electron chi connectivity index (χ1n) is 4.86. The Labute approximate surface area is 97.6 Å². The summed E-state index contributed by atoms with van der Waals surface area (Å²) in [6.45, 7) is 0.512. The number of carbonyl (C=O) groups is 1. The van der Waals surface area contributed by atoms with E-state index in [2.05, 4.69) is 0 Å². The second-order valence-corrected chi connectivity index (χ2v) is 4.21. The minimum absolute atomic E-state index is 0.122. The zero-order chi connectivity index (χ0) is 11.8. The molecule has 5 heteroatoms. The third kappa shape index (κ3) is 5.60. The monoisotopic (exact) mass is 244 g/mol. The van der Waals surface area contributed by atoms with Crippen molar-refractivity contribution in [2.75, 3.05) is 18.1 Å². The summed E-state index contributed by atoms with van der Waals surface area (Å²) in [5.41, 5.74) is 0. The number of benzene rings is 1. The molecule has 0 aliphatic heterocycles. The van der Waals surface area contributed by atoms with Gasteiger partial charge in [0.2, 0.25) is 0 Å². The molecule has 0 amide bonds. The van der Waals surface area contributed by atoms with Gasteiger partial charge in [-0.25, -0.2) is 4.39 Å². The molecule has 0 radical (unpaired) electrons.